The first-order chi connectivity index (χ1) is 11.8. The Morgan fingerprint density at radius 1 is 1.04 bits per heavy atom. The van der Waals surface area contributed by atoms with Gasteiger partial charge in [0.05, 0.1) is 11.6 Å². The Morgan fingerprint density at radius 3 is 2.62 bits per heavy atom. The maximum Gasteiger partial charge on any atom is 0.163 e. The second kappa shape index (κ2) is 7.05. The zero-order valence-corrected chi connectivity index (χ0v) is 14.7. The topological polar surface area (TPSA) is 50.1 Å². The molecule has 0 amide bonds. The van der Waals surface area contributed by atoms with Crippen molar-refractivity contribution in [1.29, 1.82) is 0 Å². The van der Waals surface area contributed by atoms with Crippen molar-refractivity contribution in [1.82, 2.24) is 24.6 Å². The van der Waals surface area contributed by atoms with E-state index in [9.17, 15) is 0 Å². The number of fused-ring (bicyclic) bond motifs is 1. The molecule has 2 aromatic heterocycles. The molecule has 6 heteroatoms. The molecule has 2 fully saturated rings. The molecule has 0 atom stereocenters. The molecule has 4 rings (SSSR count). The molecule has 0 radical (unpaired) electrons. The van der Waals surface area contributed by atoms with E-state index in [0.29, 0.717) is 0 Å². The quantitative estimate of drug-likeness (QED) is 0.863. The molecule has 0 bridgehead atoms. The van der Waals surface area contributed by atoms with Crippen LogP contribution in [0.15, 0.2) is 12.5 Å². The molecule has 0 N–H and O–H groups in total. The van der Waals surface area contributed by atoms with Gasteiger partial charge in [0.2, 0.25) is 0 Å². The summed E-state index contributed by atoms with van der Waals surface area (Å²) in [6.45, 7) is 5.20. The number of hydrogen-bond acceptors (Lipinski definition) is 5. The van der Waals surface area contributed by atoms with Gasteiger partial charge in [-0.25, -0.2) is 14.6 Å². The third kappa shape index (κ3) is 3.24. The molecule has 0 spiro atoms. The number of piperazine rings is 1. The third-order valence-electron chi connectivity index (χ3n) is 5.69. The van der Waals surface area contributed by atoms with Crippen molar-refractivity contribution < 1.29 is 0 Å². The van der Waals surface area contributed by atoms with Crippen molar-refractivity contribution in [3.05, 3.63) is 12.5 Å². The van der Waals surface area contributed by atoms with Gasteiger partial charge in [0, 0.05) is 32.7 Å². The van der Waals surface area contributed by atoms with Gasteiger partial charge in [0.1, 0.15) is 12.1 Å². The zero-order chi connectivity index (χ0) is 16.4. The summed E-state index contributed by atoms with van der Waals surface area (Å²) in [4.78, 5) is 13.8. The maximum atomic E-state index is 4.63. The number of nitrogens with zero attached hydrogens (tertiary/aromatic N) is 6. The lowest BCUT2D eigenvalue weighted by atomic mass is 9.87. The highest BCUT2D eigenvalue weighted by Crippen LogP contribution is 2.28. The van der Waals surface area contributed by atoms with Crippen LogP contribution in [0.2, 0.25) is 0 Å². The predicted octanol–water partition coefficient (Wildman–Crippen LogP) is 2.55. The lowest BCUT2D eigenvalue weighted by molar-refractivity contribution is 0.312. The minimum absolute atomic E-state index is 0.872. The highest BCUT2D eigenvalue weighted by Gasteiger charge is 2.20. The van der Waals surface area contributed by atoms with E-state index >= 15 is 0 Å². The molecule has 2 aliphatic rings. The number of likely N-dealkylation sites (N-methyl/N-ethyl adjacent to an activating group) is 1. The lowest BCUT2D eigenvalue weighted by Gasteiger charge is -2.33. The van der Waals surface area contributed by atoms with Crippen LogP contribution in [0.25, 0.3) is 11.0 Å². The SMILES string of the molecule is CN1CCN(c2ncnc3c2cnn3CCC2CCCCC2)CC1. The van der Waals surface area contributed by atoms with Crippen LogP contribution in [0.5, 0.6) is 0 Å². The fourth-order valence-corrected chi connectivity index (χ4v) is 4.10. The first kappa shape index (κ1) is 15.8. The first-order valence-corrected chi connectivity index (χ1v) is 9.41. The normalized spacial score (nSPS) is 20.8. The van der Waals surface area contributed by atoms with Gasteiger partial charge in [0.25, 0.3) is 0 Å². The van der Waals surface area contributed by atoms with Crippen LogP contribution in [0.3, 0.4) is 0 Å². The van der Waals surface area contributed by atoms with Crippen molar-refractivity contribution in [2.45, 2.75) is 45.1 Å². The Hall–Kier alpha value is -1.69. The fraction of sp³-hybridized carbons (Fsp3) is 0.722. The highest BCUT2D eigenvalue weighted by atomic mass is 15.3. The number of aryl methyl sites for hydroxylation is 1. The van der Waals surface area contributed by atoms with Crippen LogP contribution in [-0.2, 0) is 6.54 Å². The number of rotatable bonds is 4. The van der Waals surface area contributed by atoms with E-state index in [0.717, 1.165) is 55.5 Å². The average Bonchev–Trinajstić information content (AvgIpc) is 3.05. The maximum absolute atomic E-state index is 4.63. The van der Waals surface area contributed by atoms with E-state index in [4.69, 9.17) is 0 Å². The molecule has 130 valence electrons. The Bertz CT molecular complexity index is 667. The molecule has 0 unspecified atom stereocenters. The monoisotopic (exact) mass is 328 g/mol. The molecule has 0 aromatic carbocycles. The van der Waals surface area contributed by atoms with Crippen molar-refractivity contribution in [3.8, 4) is 0 Å². The van der Waals surface area contributed by atoms with E-state index < -0.39 is 0 Å². The molecule has 1 saturated heterocycles. The van der Waals surface area contributed by atoms with Gasteiger partial charge in [0.15, 0.2) is 5.65 Å². The van der Waals surface area contributed by atoms with Gasteiger partial charge in [-0.3, -0.25) is 0 Å². The van der Waals surface area contributed by atoms with Crippen LogP contribution < -0.4 is 4.90 Å². The summed E-state index contributed by atoms with van der Waals surface area (Å²) < 4.78 is 2.09. The number of anilines is 1. The zero-order valence-electron chi connectivity index (χ0n) is 14.7. The molecule has 3 heterocycles. The minimum Gasteiger partial charge on any atom is -0.353 e. The van der Waals surface area contributed by atoms with Crippen LogP contribution in [0.4, 0.5) is 5.82 Å². The van der Waals surface area contributed by atoms with Crippen LogP contribution in [0, 0.1) is 5.92 Å². The second-order valence-electron chi connectivity index (χ2n) is 7.39. The minimum atomic E-state index is 0.872. The predicted molar refractivity (Wildman–Crippen MR) is 96.2 cm³/mol. The van der Waals surface area contributed by atoms with Gasteiger partial charge in [-0.2, -0.15) is 5.10 Å². The summed E-state index contributed by atoms with van der Waals surface area (Å²) in [5, 5.41) is 5.73. The molecule has 2 aromatic rings. The van der Waals surface area contributed by atoms with Crippen molar-refractivity contribution in [2.75, 3.05) is 38.1 Å². The Balaban J connectivity index is 1.50. The Morgan fingerprint density at radius 2 is 1.83 bits per heavy atom. The summed E-state index contributed by atoms with van der Waals surface area (Å²) in [6.07, 6.45) is 11.9. The van der Waals surface area contributed by atoms with Gasteiger partial charge in [-0.05, 0) is 19.4 Å². The summed E-state index contributed by atoms with van der Waals surface area (Å²) in [5.41, 5.74) is 0.995. The van der Waals surface area contributed by atoms with Crippen molar-refractivity contribution in [2.24, 2.45) is 5.92 Å². The molecule has 1 saturated carbocycles. The standard InChI is InChI=1S/C18H28N6/c1-22-9-11-23(12-10-22)17-16-13-21-24(18(16)20-14-19-17)8-7-15-5-3-2-4-6-15/h13-15H,2-12H2,1H3. The van der Waals surface area contributed by atoms with E-state index in [1.807, 2.05) is 6.20 Å². The average molecular weight is 328 g/mol. The summed E-state index contributed by atoms with van der Waals surface area (Å²) in [7, 11) is 2.18. The smallest absolute Gasteiger partial charge is 0.163 e. The molecule has 24 heavy (non-hydrogen) atoms. The van der Waals surface area contributed by atoms with Gasteiger partial charge in [-0.15, -0.1) is 0 Å². The van der Waals surface area contributed by atoms with Gasteiger partial charge < -0.3 is 9.80 Å². The van der Waals surface area contributed by atoms with E-state index in [1.54, 1.807) is 6.33 Å². The van der Waals surface area contributed by atoms with E-state index in [-0.39, 0.29) is 0 Å². The molecular formula is C18H28N6. The van der Waals surface area contributed by atoms with Crippen molar-refractivity contribution in [3.63, 3.8) is 0 Å². The van der Waals surface area contributed by atoms with Crippen LogP contribution in [0.1, 0.15) is 38.5 Å². The van der Waals surface area contributed by atoms with Crippen LogP contribution in [-0.4, -0.2) is 57.9 Å². The van der Waals surface area contributed by atoms with E-state index in [2.05, 4.69) is 36.6 Å². The van der Waals surface area contributed by atoms with Gasteiger partial charge in [-0.1, -0.05) is 32.1 Å². The number of hydrogen-bond donors (Lipinski definition) is 0. The Kier molecular flexibility index (Phi) is 4.65. The number of aromatic nitrogens is 4. The molecule has 6 nitrogen and oxygen atoms in total. The van der Waals surface area contributed by atoms with Crippen molar-refractivity contribution >= 4 is 16.9 Å². The summed E-state index contributed by atoms with van der Waals surface area (Å²) >= 11 is 0. The summed E-state index contributed by atoms with van der Waals surface area (Å²) in [5.74, 6) is 1.92. The van der Waals surface area contributed by atoms with Gasteiger partial charge >= 0.3 is 0 Å². The molecule has 1 aliphatic carbocycles. The largest absolute Gasteiger partial charge is 0.353 e. The highest BCUT2D eigenvalue weighted by molar-refractivity contribution is 5.86. The first-order valence-electron chi connectivity index (χ1n) is 9.41. The van der Waals surface area contributed by atoms with Crippen LogP contribution >= 0.6 is 0 Å². The lowest BCUT2D eigenvalue weighted by Crippen LogP contribution is -2.44. The Labute approximate surface area is 143 Å². The van der Waals surface area contributed by atoms with E-state index in [1.165, 1.54) is 38.5 Å². The molecule has 1 aliphatic heterocycles. The molecular weight excluding hydrogens is 300 g/mol. The fourth-order valence-electron chi connectivity index (χ4n) is 4.10. The third-order valence-corrected chi connectivity index (χ3v) is 5.69. The summed E-state index contributed by atoms with van der Waals surface area (Å²) in [6, 6.07) is 0. The second-order valence-corrected chi connectivity index (χ2v) is 7.39.